The molecule has 3 aromatic carbocycles. The molecule has 230 valence electrons. The van der Waals surface area contributed by atoms with E-state index in [1.807, 2.05) is 48.5 Å². The number of rotatable bonds is 10. The van der Waals surface area contributed by atoms with Gasteiger partial charge in [-0.3, -0.25) is 9.88 Å². The lowest BCUT2D eigenvalue weighted by atomic mass is 10.0. The highest BCUT2D eigenvalue weighted by Crippen LogP contribution is 2.29. The summed E-state index contributed by atoms with van der Waals surface area (Å²) in [6.07, 6.45) is 3.74. The Labute approximate surface area is 267 Å². The summed E-state index contributed by atoms with van der Waals surface area (Å²) in [5, 5.41) is 12.0. The molecule has 0 spiro atoms. The van der Waals surface area contributed by atoms with Crippen molar-refractivity contribution in [2.24, 2.45) is 0 Å². The molecule has 7 rings (SSSR count). The quantitative estimate of drug-likeness (QED) is 0.155. The SMILES string of the molecule is Clc1ccc2c(Nc3ccc(Nc4nc(NCCCN5CCOCC5)nc(N5CCc6ccccc6C5)n4)cc3)ccnc2c1. The number of morpholine rings is 1. The van der Waals surface area contributed by atoms with Crippen molar-refractivity contribution in [3.63, 3.8) is 0 Å². The molecule has 5 aromatic rings. The van der Waals surface area contributed by atoms with Crippen LogP contribution in [0.5, 0.6) is 0 Å². The van der Waals surface area contributed by atoms with E-state index in [1.54, 1.807) is 6.20 Å². The Hall–Kier alpha value is -4.51. The van der Waals surface area contributed by atoms with Crippen LogP contribution in [0, 0.1) is 0 Å². The van der Waals surface area contributed by atoms with Crippen LogP contribution in [0.4, 0.5) is 34.9 Å². The number of ether oxygens (including phenoxy) is 1. The first-order chi connectivity index (χ1) is 22.2. The number of anilines is 6. The molecule has 0 saturated carbocycles. The van der Waals surface area contributed by atoms with Gasteiger partial charge in [0.1, 0.15) is 0 Å². The monoisotopic (exact) mass is 621 g/mol. The second-order valence-corrected chi connectivity index (χ2v) is 11.7. The molecule has 0 unspecified atom stereocenters. The van der Waals surface area contributed by atoms with E-state index in [4.69, 9.17) is 31.3 Å². The molecule has 10 nitrogen and oxygen atoms in total. The smallest absolute Gasteiger partial charge is 0.233 e. The average Bonchev–Trinajstić information content (AvgIpc) is 3.08. The zero-order chi connectivity index (χ0) is 30.4. The summed E-state index contributed by atoms with van der Waals surface area (Å²) in [7, 11) is 0. The number of pyridine rings is 1. The zero-order valence-corrected chi connectivity index (χ0v) is 25.8. The summed E-state index contributed by atoms with van der Waals surface area (Å²) in [4.78, 5) is 23.6. The number of hydrogen-bond donors (Lipinski definition) is 3. The normalized spacial score (nSPS) is 15.1. The van der Waals surface area contributed by atoms with E-state index in [-0.39, 0.29) is 0 Å². The minimum atomic E-state index is 0.507. The third-order valence-corrected chi connectivity index (χ3v) is 8.43. The van der Waals surface area contributed by atoms with E-state index in [9.17, 15) is 0 Å². The number of nitrogens with one attached hydrogen (secondary N) is 3. The first kappa shape index (κ1) is 29.2. The van der Waals surface area contributed by atoms with Crippen LogP contribution in [0.2, 0.25) is 5.02 Å². The van der Waals surface area contributed by atoms with Gasteiger partial charge in [-0.25, -0.2) is 0 Å². The number of halogens is 1. The number of nitrogens with zero attached hydrogens (tertiary/aromatic N) is 6. The van der Waals surface area contributed by atoms with Gasteiger partial charge >= 0.3 is 0 Å². The van der Waals surface area contributed by atoms with E-state index >= 15 is 0 Å². The molecule has 0 atom stereocenters. The summed E-state index contributed by atoms with van der Waals surface area (Å²) in [5.41, 5.74) is 6.35. The Morgan fingerprint density at radius 1 is 0.800 bits per heavy atom. The van der Waals surface area contributed by atoms with Crippen molar-refractivity contribution in [1.29, 1.82) is 0 Å². The summed E-state index contributed by atoms with van der Waals surface area (Å²) < 4.78 is 5.48. The molecule has 1 saturated heterocycles. The number of fused-ring (bicyclic) bond motifs is 2. The van der Waals surface area contributed by atoms with Crippen molar-refractivity contribution in [3.8, 4) is 0 Å². The number of benzene rings is 3. The fraction of sp³-hybridized carbons (Fsp3) is 0.294. The van der Waals surface area contributed by atoms with E-state index < -0.39 is 0 Å². The third kappa shape index (κ3) is 7.25. The molecular formula is C34H36ClN9O. The maximum Gasteiger partial charge on any atom is 0.233 e. The summed E-state index contributed by atoms with van der Waals surface area (Å²) in [6.45, 7) is 7.02. The van der Waals surface area contributed by atoms with Gasteiger partial charge in [0.05, 0.1) is 18.7 Å². The molecule has 45 heavy (non-hydrogen) atoms. The van der Waals surface area contributed by atoms with Gasteiger partial charge in [0.25, 0.3) is 0 Å². The van der Waals surface area contributed by atoms with Gasteiger partial charge < -0.3 is 25.6 Å². The van der Waals surface area contributed by atoms with Crippen molar-refractivity contribution >= 4 is 57.4 Å². The summed E-state index contributed by atoms with van der Waals surface area (Å²) in [5.74, 6) is 1.75. The Balaban J connectivity index is 1.06. The standard InChI is InChI=1S/C34H36ClN9O/c35-26-6-11-29-30(12-15-36-31(29)22-26)38-27-7-9-28(10-8-27)39-33-40-32(37-14-3-16-43-18-20-45-21-19-43)41-34(42-33)44-17-13-24-4-1-2-5-25(24)23-44/h1-2,4-12,15,22H,3,13-14,16-21,23H2,(H,36,38)(H2,37,39,40,41,42). The lowest BCUT2D eigenvalue weighted by molar-refractivity contribution is 0.0378. The van der Waals surface area contributed by atoms with Crippen LogP contribution in [0.3, 0.4) is 0 Å². The van der Waals surface area contributed by atoms with E-state index in [1.165, 1.54) is 11.1 Å². The van der Waals surface area contributed by atoms with Crippen LogP contribution >= 0.6 is 11.6 Å². The summed E-state index contributed by atoms with van der Waals surface area (Å²) in [6, 6.07) is 24.4. The van der Waals surface area contributed by atoms with Crippen molar-refractivity contribution < 1.29 is 4.74 Å². The van der Waals surface area contributed by atoms with Crippen LogP contribution < -0.4 is 20.9 Å². The van der Waals surface area contributed by atoms with E-state index in [0.717, 1.165) is 93.3 Å². The Morgan fingerprint density at radius 3 is 2.42 bits per heavy atom. The Kier molecular flexibility index (Phi) is 8.86. The molecule has 4 heterocycles. The van der Waals surface area contributed by atoms with Gasteiger partial charge in [0.15, 0.2) is 0 Å². The lowest BCUT2D eigenvalue weighted by Crippen LogP contribution is -2.37. The minimum absolute atomic E-state index is 0.507. The molecule has 2 aromatic heterocycles. The molecule has 0 radical (unpaired) electrons. The predicted molar refractivity (Wildman–Crippen MR) is 181 cm³/mol. The van der Waals surface area contributed by atoms with Gasteiger partial charge in [-0.1, -0.05) is 35.9 Å². The van der Waals surface area contributed by atoms with E-state index in [0.29, 0.717) is 22.9 Å². The second-order valence-electron chi connectivity index (χ2n) is 11.3. The van der Waals surface area contributed by atoms with Gasteiger partial charge in [0, 0.05) is 66.4 Å². The van der Waals surface area contributed by atoms with Gasteiger partial charge in [-0.05, 0) is 79.0 Å². The van der Waals surface area contributed by atoms with Crippen LogP contribution in [0.1, 0.15) is 17.5 Å². The Morgan fingerprint density at radius 2 is 1.58 bits per heavy atom. The number of aromatic nitrogens is 4. The molecule has 2 aliphatic heterocycles. The molecule has 0 amide bonds. The maximum atomic E-state index is 6.17. The largest absolute Gasteiger partial charge is 0.379 e. The first-order valence-electron chi connectivity index (χ1n) is 15.5. The van der Waals surface area contributed by atoms with E-state index in [2.05, 4.69) is 55.0 Å². The predicted octanol–water partition coefficient (Wildman–Crippen LogP) is 6.26. The highest BCUT2D eigenvalue weighted by atomic mass is 35.5. The number of hydrogen-bond acceptors (Lipinski definition) is 10. The molecule has 1 fully saturated rings. The van der Waals surface area contributed by atoms with Crippen molar-refractivity contribution in [2.45, 2.75) is 19.4 Å². The molecule has 0 aliphatic carbocycles. The Bertz CT molecular complexity index is 1760. The van der Waals surface area contributed by atoms with Crippen LogP contribution in [0.15, 0.2) is 79.0 Å². The van der Waals surface area contributed by atoms with Gasteiger partial charge in [0.2, 0.25) is 17.8 Å². The lowest BCUT2D eigenvalue weighted by Gasteiger charge is -2.29. The molecule has 0 bridgehead atoms. The fourth-order valence-corrected chi connectivity index (χ4v) is 5.95. The second kappa shape index (κ2) is 13.6. The summed E-state index contributed by atoms with van der Waals surface area (Å²) >= 11 is 6.17. The molecule has 3 N–H and O–H groups in total. The molecule has 2 aliphatic rings. The fourth-order valence-electron chi connectivity index (χ4n) is 5.79. The van der Waals surface area contributed by atoms with Crippen LogP contribution in [-0.2, 0) is 17.7 Å². The molecule has 11 heteroatoms. The van der Waals surface area contributed by atoms with Gasteiger partial charge in [-0.2, -0.15) is 15.0 Å². The van der Waals surface area contributed by atoms with Crippen molar-refractivity contribution in [2.75, 3.05) is 66.8 Å². The van der Waals surface area contributed by atoms with Crippen molar-refractivity contribution in [1.82, 2.24) is 24.8 Å². The third-order valence-electron chi connectivity index (χ3n) is 8.20. The zero-order valence-electron chi connectivity index (χ0n) is 25.0. The van der Waals surface area contributed by atoms with Crippen LogP contribution in [-0.4, -0.2) is 70.8 Å². The van der Waals surface area contributed by atoms with Crippen LogP contribution in [0.25, 0.3) is 10.9 Å². The minimum Gasteiger partial charge on any atom is -0.379 e. The highest BCUT2D eigenvalue weighted by molar-refractivity contribution is 6.31. The first-order valence-corrected chi connectivity index (χ1v) is 15.8. The topological polar surface area (TPSA) is 103 Å². The highest BCUT2D eigenvalue weighted by Gasteiger charge is 2.20. The maximum absolute atomic E-state index is 6.17. The average molecular weight is 622 g/mol. The van der Waals surface area contributed by atoms with Gasteiger partial charge in [-0.15, -0.1) is 0 Å². The molecular weight excluding hydrogens is 586 g/mol. The van der Waals surface area contributed by atoms with Crippen molar-refractivity contribution in [3.05, 3.63) is 95.1 Å².